The molecule has 2 heterocycles. The van der Waals surface area contributed by atoms with E-state index in [1.165, 1.54) is 12.7 Å². The molecule has 6 nitrogen and oxygen atoms in total. The third kappa shape index (κ3) is 1.88. The van der Waals surface area contributed by atoms with Crippen LogP contribution < -0.4 is 10.1 Å². The first-order chi connectivity index (χ1) is 8.86. The maximum absolute atomic E-state index is 5.11. The predicted octanol–water partition coefficient (Wildman–Crippen LogP) is 1.36. The van der Waals surface area contributed by atoms with Crippen LogP contribution in [0, 0.1) is 0 Å². The first kappa shape index (κ1) is 10.6. The van der Waals surface area contributed by atoms with Crippen LogP contribution in [0.5, 0.6) is 5.75 Å². The van der Waals surface area contributed by atoms with Crippen LogP contribution in [0.3, 0.4) is 0 Å². The van der Waals surface area contributed by atoms with E-state index in [1.807, 2.05) is 24.3 Å². The Morgan fingerprint density at radius 1 is 1.11 bits per heavy atom. The van der Waals surface area contributed by atoms with Gasteiger partial charge in [0.25, 0.3) is 0 Å². The molecule has 1 atom stereocenters. The summed E-state index contributed by atoms with van der Waals surface area (Å²) in [5.41, 5.74) is 0.923. The fourth-order valence-electron chi connectivity index (χ4n) is 1.74. The zero-order valence-electron chi connectivity index (χ0n) is 9.74. The van der Waals surface area contributed by atoms with Gasteiger partial charge in [0.1, 0.15) is 24.3 Å². The lowest BCUT2D eigenvalue weighted by Gasteiger charge is -2.16. The van der Waals surface area contributed by atoms with Crippen molar-refractivity contribution in [2.45, 2.75) is 6.04 Å². The molecule has 1 unspecified atom stereocenters. The minimum atomic E-state index is -0.211. The van der Waals surface area contributed by atoms with Crippen molar-refractivity contribution in [3.8, 4) is 5.75 Å². The van der Waals surface area contributed by atoms with Gasteiger partial charge in [-0.1, -0.05) is 0 Å². The summed E-state index contributed by atoms with van der Waals surface area (Å²) in [6, 6.07) is 7.39. The molecule has 0 spiro atoms. The van der Waals surface area contributed by atoms with Crippen LogP contribution in [0.1, 0.15) is 0 Å². The van der Waals surface area contributed by atoms with Gasteiger partial charge in [-0.05, 0) is 24.3 Å². The highest BCUT2D eigenvalue weighted by Crippen LogP contribution is 2.17. The van der Waals surface area contributed by atoms with Crippen LogP contribution in [0.15, 0.2) is 44.2 Å². The summed E-state index contributed by atoms with van der Waals surface area (Å²) in [6.07, 6.45) is 2.99. The van der Waals surface area contributed by atoms with Crippen LogP contribution in [0.4, 0.5) is 5.69 Å². The fraction of sp³-hybridized carbons (Fsp3) is 0.167. The number of hydrogen-bond donors (Lipinski definition) is 1. The second-order valence-electron chi connectivity index (χ2n) is 3.77. The number of rotatable bonds is 2. The molecule has 2 aliphatic rings. The Kier molecular flexibility index (Phi) is 2.60. The van der Waals surface area contributed by atoms with Crippen molar-refractivity contribution in [1.29, 1.82) is 0 Å². The second kappa shape index (κ2) is 4.40. The normalized spacial score (nSPS) is 20.2. The Labute approximate surface area is 104 Å². The Balaban J connectivity index is 1.79. The monoisotopic (exact) mass is 241 g/mol. The molecule has 0 aromatic heterocycles. The van der Waals surface area contributed by atoms with E-state index in [9.17, 15) is 0 Å². The van der Waals surface area contributed by atoms with E-state index >= 15 is 0 Å². The van der Waals surface area contributed by atoms with Crippen molar-refractivity contribution in [1.82, 2.24) is 0 Å². The average Bonchev–Trinajstić information content (AvgIpc) is 2.89. The number of benzene rings is 1. The van der Waals surface area contributed by atoms with E-state index in [0.717, 1.165) is 17.3 Å². The number of anilines is 1. The summed E-state index contributed by atoms with van der Waals surface area (Å²) in [5, 5.41) is 3.21. The average molecular weight is 241 g/mol. The number of nitrogens with one attached hydrogen (secondary N) is 1. The zero-order valence-corrected chi connectivity index (χ0v) is 9.74. The number of methoxy groups -OCH3 is 1. The molecule has 1 aromatic rings. The smallest absolute Gasteiger partial charge is 0.169 e. The van der Waals surface area contributed by atoms with Crippen LogP contribution >= 0.6 is 0 Å². The third-order valence-corrected chi connectivity index (χ3v) is 2.66. The lowest BCUT2D eigenvalue weighted by molar-refractivity contribution is 0.415. The molecule has 0 radical (unpaired) electrons. The maximum Gasteiger partial charge on any atom is 0.169 e. The van der Waals surface area contributed by atoms with Gasteiger partial charge in [0.05, 0.1) is 7.11 Å². The summed E-state index contributed by atoms with van der Waals surface area (Å²) in [6.45, 7) is 0. The maximum atomic E-state index is 5.11. The molecule has 0 bridgehead atoms. The fourth-order valence-corrected chi connectivity index (χ4v) is 1.74. The molecule has 6 heteroatoms. The van der Waals surface area contributed by atoms with Crippen molar-refractivity contribution in [2.75, 3.05) is 12.4 Å². The highest BCUT2D eigenvalue weighted by atomic mass is 16.5. The first-order valence-corrected chi connectivity index (χ1v) is 5.47. The van der Waals surface area contributed by atoms with Gasteiger partial charge < -0.3 is 10.1 Å². The number of amidine groups is 2. The van der Waals surface area contributed by atoms with Gasteiger partial charge in [-0.25, -0.2) is 15.0 Å². The van der Waals surface area contributed by atoms with Gasteiger partial charge in [-0.15, -0.1) is 0 Å². The van der Waals surface area contributed by atoms with Crippen LogP contribution in [0.25, 0.3) is 0 Å². The van der Waals surface area contributed by atoms with E-state index in [4.69, 9.17) is 4.74 Å². The van der Waals surface area contributed by atoms with Crippen LogP contribution in [-0.2, 0) is 0 Å². The molecule has 1 aromatic carbocycles. The number of fused-ring (bicyclic) bond motifs is 1. The summed E-state index contributed by atoms with van der Waals surface area (Å²) < 4.78 is 5.11. The topological polar surface area (TPSA) is 70.7 Å². The minimum Gasteiger partial charge on any atom is -0.497 e. The highest BCUT2D eigenvalue weighted by molar-refractivity contribution is 6.23. The zero-order chi connectivity index (χ0) is 12.4. The van der Waals surface area contributed by atoms with Crippen LogP contribution in [-0.4, -0.2) is 37.5 Å². The standard InChI is InChI=1S/C12H11N5O/c1-18-9-4-2-8(3-5-9)17-12-10-11(14-6-13-10)15-7-16-12/h2-7,10H,1H3,(H,13,14,15,16,17). The molecule has 0 saturated heterocycles. The molecular formula is C12H11N5O. The SMILES string of the molecule is COc1ccc(NC2=NC=NC3=NC=NC32)cc1. The number of aliphatic imine (C=N–C) groups is 4. The Morgan fingerprint density at radius 3 is 2.72 bits per heavy atom. The predicted molar refractivity (Wildman–Crippen MR) is 72.3 cm³/mol. The molecule has 90 valence electrons. The summed E-state index contributed by atoms with van der Waals surface area (Å²) in [7, 11) is 1.64. The molecule has 0 aliphatic carbocycles. The van der Waals surface area contributed by atoms with Gasteiger partial charge in [0.2, 0.25) is 0 Å². The molecule has 18 heavy (non-hydrogen) atoms. The van der Waals surface area contributed by atoms with E-state index < -0.39 is 0 Å². The van der Waals surface area contributed by atoms with E-state index in [1.54, 1.807) is 7.11 Å². The van der Waals surface area contributed by atoms with E-state index in [0.29, 0.717) is 5.84 Å². The Morgan fingerprint density at radius 2 is 1.94 bits per heavy atom. The van der Waals surface area contributed by atoms with E-state index in [2.05, 4.69) is 25.3 Å². The largest absolute Gasteiger partial charge is 0.497 e. The molecule has 2 aliphatic heterocycles. The summed E-state index contributed by atoms with van der Waals surface area (Å²) in [5.74, 6) is 2.21. The summed E-state index contributed by atoms with van der Waals surface area (Å²) in [4.78, 5) is 16.5. The molecule has 0 fully saturated rings. The van der Waals surface area contributed by atoms with Crippen molar-refractivity contribution in [3.63, 3.8) is 0 Å². The van der Waals surface area contributed by atoms with Crippen LogP contribution in [0.2, 0.25) is 0 Å². The second-order valence-corrected chi connectivity index (χ2v) is 3.77. The summed E-state index contributed by atoms with van der Waals surface area (Å²) >= 11 is 0. The lowest BCUT2D eigenvalue weighted by Crippen LogP contribution is -2.33. The molecule has 0 amide bonds. The first-order valence-electron chi connectivity index (χ1n) is 5.47. The number of ether oxygens (including phenoxy) is 1. The van der Waals surface area contributed by atoms with E-state index in [-0.39, 0.29) is 6.04 Å². The molecule has 3 rings (SSSR count). The molecule has 1 N–H and O–H groups in total. The van der Waals surface area contributed by atoms with Crippen molar-refractivity contribution >= 4 is 30.0 Å². The minimum absolute atomic E-state index is 0.211. The quantitative estimate of drug-likeness (QED) is 0.849. The van der Waals surface area contributed by atoms with Gasteiger partial charge in [0.15, 0.2) is 11.9 Å². The Bertz CT molecular complexity index is 571. The number of hydrogen-bond acceptors (Lipinski definition) is 6. The lowest BCUT2D eigenvalue weighted by atomic mass is 10.2. The van der Waals surface area contributed by atoms with Gasteiger partial charge in [0, 0.05) is 5.69 Å². The molecular weight excluding hydrogens is 230 g/mol. The van der Waals surface area contributed by atoms with Gasteiger partial charge in [-0.2, -0.15) is 0 Å². The van der Waals surface area contributed by atoms with Crippen molar-refractivity contribution < 1.29 is 4.74 Å². The van der Waals surface area contributed by atoms with Crippen molar-refractivity contribution in [3.05, 3.63) is 24.3 Å². The Hall–Kier alpha value is -2.50. The number of nitrogens with zero attached hydrogens (tertiary/aromatic N) is 4. The third-order valence-electron chi connectivity index (χ3n) is 2.66. The van der Waals surface area contributed by atoms with Gasteiger partial charge in [-0.3, -0.25) is 4.99 Å². The van der Waals surface area contributed by atoms with Crippen molar-refractivity contribution in [2.24, 2.45) is 20.0 Å². The molecule has 0 saturated carbocycles. The van der Waals surface area contributed by atoms with Gasteiger partial charge >= 0.3 is 0 Å². The highest BCUT2D eigenvalue weighted by Gasteiger charge is 2.26.